The maximum absolute atomic E-state index is 13.0. The summed E-state index contributed by atoms with van der Waals surface area (Å²) >= 11 is 1.24. The normalized spacial score (nSPS) is 17.9. The number of amides is 1. The first-order chi connectivity index (χ1) is 19.4. The zero-order valence-corrected chi connectivity index (χ0v) is 24.0. The fourth-order valence-electron chi connectivity index (χ4n) is 5.36. The summed E-state index contributed by atoms with van der Waals surface area (Å²) in [4.78, 5) is 31.0. The first kappa shape index (κ1) is 27.8. The van der Waals surface area contributed by atoms with Crippen molar-refractivity contribution in [3.63, 3.8) is 0 Å². The van der Waals surface area contributed by atoms with Gasteiger partial charge in [0.2, 0.25) is 5.91 Å². The van der Waals surface area contributed by atoms with Crippen LogP contribution in [-0.4, -0.2) is 39.2 Å². The zero-order chi connectivity index (χ0) is 28.2. The van der Waals surface area contributed by atoms with E-state index in [1.807, 2.05) is 60.2 Å². The number of aliphatic imine (C=N–C) groups is 1. The predicted octanol–water partition coefficient (Wildman–Crippen LogP) is 6.76. The number of benzene rings is 2. The van der Waals surface area contributed by atoms with Crippen LogP contribution in [0.15, 0.2) is 69.9 Å². The van der Waals surface area contributed by atoms with Crippen molar-refractivity contribution in [2.75, 3.05) is 6.61 Å². The number of aryl methyl sites for hydroxylation is 2. The Balaban J connectivity index is 1.54. The van der Waals surface area contributed by atoms with E-state index in [-0.39, 0.29) is 36.4 Å². The molecule has 1 aromatic heterocycles. The SMILES string of the molecule is CCOC(=O)C1=C(O)/C(=C/c2cn(CC(=O)NC3CCCC3)c3c(CC)cccc23)SC1=Nc1ccc(C)cc1. The van der Waals surface area contributed by atoms with Crippen molar-refractivity contribution in [2.45, 2.75) is 65.5 Å². The Morgan fingerprint density at radius 2 is 1.90 bits per heavy atom. The number of carbonyl (C=O) groups excluding carboxylic acids is 2. The summed E-state index contributed by atoms with van der Waals surface area (Å²) in [7, 11) is 0. The molecule has 0 bridgehead atoms. The fraction of sp³-hybridized carbons (Fsp3) is 0.344. The number of aliphatic hydroxyl groups excluding tert-OH is 1. The molecule has 1 saturated carbocycles. The molecule has 0 atom stereocenters. The second-order valence-electron chi connectivity index (χ2n) is 10.2. The molecule has 3 aromatic rings. The van der Waals surface area contributed by atoms with E-state index >= 15 is 0 Å². The third kappa shape index (κ3) is 5.87. The lowest BCUT2D eigenvalue weighted by atomic mass is 10.1. The number of carbonyl (C=O) groups is 2. The standard InChI is InChI=1S/C32H35N3O4S/c1-4-21-9-8-12-25-22(18-35(29(21)25)19-27(36)33-23-10-6-7-11-23)17-26-30(37)28(32(38)39-5-2)31(40-26)34-24-15-13-20(3)14-16-24/h8-9,12-18,23,37H,4-7,10-11,19H2,1-3H3,(H,33,36)/b26-17-,34-31?. The van der Waals surface area contributed by atoms with Crippen LogP contribution < -0.4 is 5.32 Å². The van der Waals surface area contributed by atoms with Crippen LogP contribution in [0.25, 0.3) is 17.0 Å². The molecule has 8 heteroatoms. The van der Waals surface area contributed by atoms with Crippen LogP contribution in [-0.2, 0) is 27.3 Å². The van der Waals surface area contributed by atoms with Gasteiger partial charge in [0.05, 0.1) is 22.7 Å². The Morgan fingerprint density at radius 3 is 2.60 bits per heavy atom. The lowest BCUT2D eigenvalue weighted by molar-refractivity contribution is -0.138. The van der Waals surface area contributed by atoms with E-state index in [4.69, 9.17) is 4.74 Å². The number of nitrogens with one attached hydrogen (secondary N) is 1. The first-order valence-electron chi connectivity index (χ1n) is 13.9. The molecule has 2 heterocycles. The lowest BCUT2D eigenvalue weighted by Gasteiger charge is -2.13. The minimum atomic E-state index is -0.610. The smallest absolute Gasteiger partial charge is 0.344 e. The van der Waals surface area contributed by atoms with Crippen molar-refractivity contribution >= 4 is 51.3 Å². The number of hydrogen-bond acceptors (Lipinski definition) is 6. The van der Waals surface area contributed by atoms with Crippen molar-refractivity contribution in [2.24, 2.45) is 4.99 Å². The van der Waals surface area contributed by atoms with Gasteiger partial charge in [0.15, 0.2) is 0 Å². The Morgan fingerprint density at radius 1 is 1.15 bits per heavy atom. The van der Waals surface area contributed by atoms with Crippen LogP contribution in [0, 0.1) is 6.92 Å². The number of para-hydroxylation sites is 1. The maximum atomic E-state index is 13.0. The molecule has 40 heavy (non-hydrogen) atoms. The Kier molecular flexibility index (Phi) is 8.45. The van der Waals surface area contributed by atoms with Crippen molar-refractivity contribution in [1.29, 1.82) is 0 Å². The number of esters is 1. The Labute approximate surface area is 239 Å². The lowest BCUT2D eigenvalue weighted by Crippen LogP contribution is -2.35. The van der Waals surface area contributed by atoms with Crippen LogP contribution in [0.5, 0.6) is 0 Å². The number of rotatable bonds is 8. The molecule has 2 aliphatic rings. The fourth-order valence-corrected chi connectivity index (χ4v) is 6.38. The zero-order valence-electron chi connectivity index (χ0n) is 23.2. The highest BCUT2D eigenvalue weighted by atomic mass is 32.2. The summed E-state index contributed by atoms with van der Waals surface area (Å²) in [5.74, 6) is -0.758. The molecule has 0 radical (unpaired) electrons. The van der Waals surface area contributed by atoms with Gasteiger partial charge in [0.1, 0.15) is 22.9 Å². The average molecular weight is 558 g/mol. The van der Waals surface area contributed by atoms with E-state index in [0.29, 0.717) is 15.6 Å². The highest BCUT2D eigenvalue weighted by Crippen LogP contribution is 2.41. The second kappa shape index (κ2) is 12.2. The summed E-state index contributed by atoms with van der Waals surface area (Å²) in [6, 6.07) is 14.0. The van der Waals surface area contributed by atoms with Gasteiger partial charge in [-0.2, -0.15) is 0 Å². The summed E-state index contributed by atoms with van der Waals surface area (Å²) in [6.45, 7) is 6.23. The molecule has 0 saturated heterocycles. The second-order valence-corrected chi connectivity index (χ2v) is 11.3. The van der Waals surface area contributed by atoms with Crippen LogP contribution in [0.1, 0.15) is 56.2 Å². The molecular weight excluding hydrogens is 522 g/mol. The predicted molar refractivity (Wildman–Crippen MR) is 162 cm³/mol. The van der Waals surface area contributed by atoms with Gasteiger partial charge in [0, 0.05) is 23.2 Å². The number of aromatic nitrogens is 1. The van der Waals surface area contributed by atoms with E-state index in [1.165, 1.54) is 11.8 Å². The highest BCUT2D eigenvalue weighted by Gasteiger charge is 2.33. The van der Waals surface area contributed by atoms with E-state index in [1.54, 1.807) is 6.92 Å². The van der Waals surface area contributed by atoms with Gasteiger partial charge in [-0.15, -0.1) is 0 Å². The molecule has 1 aliphatic carbocycles. The summed E-state index contributed by atoms with van der Waals surface area (Å²) in [5, 5.41) is 15.8. The van der Waals surface area contributed by atoms with Crippen LogP contribution >= 0.6 is 11.8 Å². The van der Waals surface area contributed by atoms with Crippen LogP contribution in [0.2, 0.25) is 0 Å². The van der Waals surface area contributed by atoms with E-state index in [9.17, 15) is 14.7 Å². The van der Waals surface area contributed by atoms with Gasteiger partial charge in [-0.25, -0.2) is 9.79 Å². The average Bonchev–Trinajstić information content (AvgIpc) is 3.64. The van der Waals surface area contributed by atoms with E-state index in [2.05, 4.69) is 23.3 Å². The number of ether oxygens (including phenoxy) is 1. The van der Waals surface area contributed by atoms with Gasteiger partial charge in [0.25, 0.3) is 0 Å². The minimum Gasteiger partial charge on any atom is -0.506 e. The molecule has 0 unspecified atom stereocenters. The number of nitrogens with zero attached hydrogens (tertiary/aromatic N) is 2. The van der Waals surface area contributed by atoms with Gasteiger partial charge < -0.3 is 19.7 Å². The molecular formula is C32H35N3O4S. The molecule has 2 N–H and O–H groups in total. The molecule has 2 aromatic carbocycles. The van der Waals surface area contributed by atoms with Gasteiger partial charge in [-0.1, -0.05) is 67.4 Å². The monoisotopic (exact) mass is 557 g/mol. The molecule has 208 valence electrons. The van der Waals surface area contributed by atoms with Crippen LogP contribution in [0.4, 0.5) is 5.69 Å². The van der Waals surface area contributed by atoms with E-state index < -0.39 is 5.97 Å². The van der Waals surface area contributed by atoms with Gasteiger partial charge in [-0.05, 0) is 56.9 Å². The van der Waals surface area contributed by atoms with Crippen molar-refractivity contribution < 1.29 is 19.4 Å². The topological polar surface area (TPSA) is 92.9 Å². The highest BCUT2D eigenvalue weighted by molar-refractivity contribution is 8.18. The molecule has 7 nitrogen and oxygen atoms in total. The number of hydrogen-bond donors (Lipinski definition) is 2. The summed E-state index contributed by atoms with van der Waals surface area (Å²) in [5.41, 5.74) is 4.85. The first-order valence-corrected chi connectivity index (χ1v) is 14.8. The number of fused-ring (bicyclic) bond motifs is 1. The summed E-state index contributed by atoms with van der Waals surface area (Å²) in [6.07, 6.45) is 9.03. The van der Waals surface area contributed by atoms with Gasteiger partial charge in [-0.3, -0.25) is 4.79 Å². The summed E-state index contributed by atoms with van der Waals surface area (Å²) < 4.78 is 7.26. The third-order valence-corrected chi connectivity index (χ3v) is 8.37. The molecule has 5 rings (SSSR count). The van der Waals surface area contributed by atoms with Crippen molar-refractivity contribution in [3.8, 4) is 0 Å². The maximum Gasteiger partial charge on any atom is 0.344 e. The number of thioether (sulfide) groups is 1. The Bertz CT molecular complexity index is 1530. The van der Waals surface area contributed by atoms with Crippen LogP contribution in [0.3, 0.4) is 0 Å². The quantitative estimate of drug-likeness (QED) is 0.298. The van der Waals surface area contributed by atoms with Gasteiger partial charge >= 0.3 is 5.97 Å². The molecule has 1 amide bonds. The Hall–Kier alpha value is -3.78. The van der Waals surface area contributed by atoms with Crippen molar-refractivity contribution in [1.82, 2.24) is 9.88 Å². The molecule has 1 aliphatic heterocycles. The number of aliphatic hydroxyl groups is 1. The minimum absolute atomic E-state index is 0.00371. The molecule has 1 fully saturated rings. The van der Waals surface area contributed by atoms with E-state index in [0.717, 1.165) is 59.7 Å². The third-order valence-electron chi connectivity index (χ3n) is 7.35. The van der Waals surface area contributed by atoms with Crippen molar-refractivity contribution in [3.05, 3.63) is 81.6 Å². The molecule has 0 spiro atoms. The largest absolute Gasteiger partial charge is 0.506 e.